The summed E-state index contributed by atoms with van der Waals surface area (Å²) >= 11 is 1.45. The van der Waals surface area contributed by atoms with Crippen LogP contribution in [0.2, 0.25) is 0 Å². The van der Waals surface area contributed by atoms with E-state index in [1.165, 1.54) is 11.3 Å². The van der Waals surface area contributed by atoms with Gasteiger partial charge in [-0.3, -0.25) is 4.79 Å². The SMILES string of the molecule is CCOCCN(CCOCC)c1nc(C)c(C(C)=O)s1. The highest BCUT2D eigenvalue weighted by atomic mass is 32.1. The summed E-state index contributed by atoms with van der Waals surface area (Å²) in [5, 5.41) is 0.868. The van der Waals surface area contributed by atoms with Crippen LogP contribution in [0.4, 0.5) is 5.13 Å². The van der Waals surface area contributed by atoms with Gasteiger partial charge in [-0.05, 0) is 20.8 Å². The lowest BCUT2D eigenvalue weighted by Crippen LogP contribution is -2.31. The van der Waals surface area contributed by atoms with Gasteiger partial charge >= 0.3 is 0 Å². The molecule has 0 radical (unpaired) electrons. The van der Waals surface area contributed by atoms with Gasteiger partial charge in [0.15, 0.2) is 10.9 Å². The molecule has 0 saturated carbocycles. The molecule has 0 atom stereocenters. The maximum absolute atomic E-state index is 11.5. The number of ether oxygens (including phenoxy) is 2. The molecular formula is C14H24N2O3S. The van der Waals surface area contributed by atoms with Crippen LogP contribution in [-0.4, -0.2) is 50.3 Å². The molecule has 1 rings (SSSR count). The number of Topliss-reactive ketones (excluding diaryl/α,β-unsaturated/α-hetero) is 1. The number of aromatic nitrogens is 1. The minimum atomic E-state index is 0.0702. The molecule has 1 heterocycles. The molecule has 114 valence electrons. The number of thiazole rings is 1. The molecule has 0 fully saturated rings. The van der Waals surface area contributed by atoms with Crippen molar-refractivity contribution in [3.05, 3.63) is 10.6 Å². The van der Waals surface area contributed by atoms with Crippen LogP contribution in [-0.2, 0) is 9.47 Å². The van der Waals surface area contributed by atoms with E-state index in [1.807, 2.05) is 20.8 Å². The summed E-state index contributed by atoms with van der Waals surface area (Å²) in [6.45, 7) is 11.6. The van der Waals surface area contributed by atoms with Gasteiger partial charge in [0.2, 0.25) is 0 Å². The van der Waals surface area contributed by atoms with Crippen molar-refractivity contribution in [3.8, 4) is 0 Å². The maximum Gasteiger partial charge on any atom is 0.186 e. The molecule has 0 saturated heterocycles. The molecule has 20 heavy (non-hydrogen) atoms. The van der Waals surface area contributed by atoms with Gasteiger partial charge in [-0.15, -0.1) is 0 Å². The first-order valence-electron chi connectivity index (χ1n) is 6.98. The molecule has 0 bridgehead atoms. The Morgan fingerprint density at radius 2 is 1.75 bits per heavy atom. The number of hydrogen-bond donors (Lipinski definition) is 0. The molecule has 0 amide bonds. The van der Waals surface area contributed by atoms with Crippen molar-refractivity contribution in [2.24, 2.45) is 0 Å². The predicted octanol–water partition coefficient (Wildman–Crippen LogP) is 2.53. The number of nitrogens with zero attached hydrogens (tertiary/aromatic N) is 2. The Morgan fingerprint density at radius 1 is 1.20 bits per heavy atom. The van der Waals surface area contributed by atoms with Crippen molar-refractivity contribution < 1.29 is 14.3 Å². The Kier molecular flexibility index (Phi) is 7.72. The van der Waals surface area contributed by atoms with Crippen molar-refractivity contribution in [1.29, 1.82) is 0 Å². The van der Waals surface area contributed by atoms with Crippen LogP contribution in [0.1, 0.15) is 36.1 Å². The van der Waals surface area contributed by atoms with Gasteiger partial charge in [0.05, 0.1) is 23.8 Å². The Labute approximate surface area is 124 Å². The van der Waals surface area contributed by atoms with Gasteiger partial charge in [-0.1, -0.05) is 11.3 Å². The first-order valence-corrected chi connectivity index (χ1v) is 7.80. The highest BCUT2D eigenvalue weighted by Crippen LogP contribution is 2.26. The van der Waals surface area contributed by atoms with Crippen LogP contribution in [0.5, 0.6) is 0 Å². The van der Waals surface area contributed by atoms with Gasteiger partial charge in [-0.2, -0.15) is 0 Å². The van der Waals surface area contributed by atoms with Crippen LogP contribution < -0.4 is 4.90 Å². The molecule has 6 heteroatoms. The second kappa shape index (κ2) is 9.05. The summed E-state index contributed by atoms with van der Waals surface area (Å²) in [7, 11) is 0. The number of carbonyl (C=O) groups is 1. The van der Waals surface area contributed by atoms with Gasteiger partial charge < -0.3 is 14.4 Å². The van der Waals surface area contributed by atoms with E-state index in [9.17, 15) is 4.79 Å². The first-order chi connectivity index (χ1) is 9.60. The summed E-state index contributed by atoms with van der Waals surface area (Å²) < 4.78 is 10.8. The largest absolute Gasteiger partial charge is 0.380 e. The summed E-state index contributed by atoms with van der Waals surface area (Å²) in [5.74, 6) is 0.0702. The Morgan fingerprint density at radius 3 is 2.15 bits per heavy atom. The fraction of sp³-hybridized carbons (Fsp3) is 0.714. The third-order valence-corrected chi connectivity index (χ3v) is 4.11. The third-order valence-electron chi connectivity index (χ3n) is 2.79. The topological polar surface area (TPSA) is 51.7 Å². The van der Waals surface area contributed by atoms with E-state index in [-0.39, 0.29) is 5.78 Å². The molecule has 0 aliphatic rings. The zero-order chi connectivity index (χ0) is 15.0. The smallest absolute Gasteiger partial charge is 0.186 e. The molecule has 5 nitrogen and oxygen atoms in total. The highest BCUT2D eigenvalue weighted by Gasteiger charge is 2.16. The molecule has 1 aromatic heterocycles. The van der Waals surface area contributed by atoms with Crippen molar-refractivity contribution in [1.82, 2.24) is 4.98 Å². The number of hydrogen-bond acceptors (Lipinski definition) is 6. The van der Waals surface area contributed by atoms with Crippen molar-refractivity contribution in [2.75, 3.05) is 44.4 Å². The van der Waals surface area contributed by atoms with E-state index < -0.39 is 0 Å². The van der Waals surface area contributed by atoms with Gasteiger partial charge in [0.25, 0.3) is 0 Å². The minimum absolute atomic E-state index is 0.0702. The zero-order valence-corrected chi connectivity index (χ0v) is 13.6. The lowest BCUT2D eigenvalue weighted by Gasteiger charge is -2.21. The first kappa shape index (κ1) is 17.1. The molecule has 0 spiro atoms. The summed E-state index contributed by atoms with van der Waals surface area (Å²) in [6, 6.07) is 0. The van der Waals surface area contributed by atoms with Crippen LogP contribution >= 0.6 is 11.3 Å². The van der Waals surface area contributed by atoms with E-state index in [1.54, 1.807) is 6.92 Å². The summed E-state index contributed by atoms with van der Waals surface area (Å²) in [5.41, 5.74) is 0.801. The maximum atomic E-state index is 11.5. The molecule has 0 unspecified atom stereocenters. The monoisotopic (exact) mass is 300 g/mol. The summed E-state index contributed by atoms with van der Waals surface area (Å²) in [6.07, 6.45) is 0. The van der Waals surface area contributed by atoms with E-state index in [4.69, 9.17) is 9.47 Å². The van der Waals surface area contributed by atoms with E-state index in [2.05, 4.69) is 9.88 Å². The molecule has 0 aromatic carbocycles. The number of anilines is 1. The zero-order valence-electron chi connectivity index (χ0n) is 12.8. The van der Waals surface area contributed by atoms with E-state index in [0.29, 0.717) is 26.4 Å². The number of rotatable bonds is 10. The minimum Gasteiger partial charge on any atom is -0.380 e. The van der Waals surface area contributed by atoms with Crippen molar-refractivity contribution in [2.45, 2.75) is 27.7 Å². The molecular weight excluding hydrogens is 276 g/mol. The van der Waals surface area contributed by atoms with Crippen LogP contribution in [0.3, 0.4) is 0 Å². The molecule has 0 N–H and O–H groups in total. The van der Waals surface area contributed by atoms with E-state index in [0.717, 1.165) is 28.8 Å². The Hall–Kier alpha value is -0.980. The standard InChI is InChI=1S/C14H24N2O3S/c1-5-18-9-7-16(8-10-19-6-2)14-15-11(3)13(20-14)12(4)17/h5-10H2,1-4H3. The number of ketones is 1. The van der Waals surface area contributed by atoms with Gasteiger partial charge in [-0.25, -0.2) is 4.98 Å². The quantitative estimate of drug-likeness (QED) is 0.491. The number of carbonyl (C=O) groups excluding carboxylic acids is 1. The molecule has 0 aliphatic heterocycles. The average molecular weight is 300 g/mol. The van der Waals surface area contributed by atoms with E-state index >= 15 is 0 Å². The van der Waals surface area contributed by atoms with Crippen LogP contribution in [0.25, 0.3) is 0 Å². The van der Waals surface area contributed by atoms with Gasteiger partial charge in [0, 0.05) is 33.2 Å². The van der Waals surface area contributed by atoms with Gasteiger partial charge in [0.1, 0.15) is 0 Å². The highest BCUT2D eigenvalue weighted by molar-refractivity contribution is 7.17. The lowest BCUT2D eigenvalue weighted by molar-refractivity contribution is 0.102. The second-order valence-corrected chi connectivity index (χ2v) is 5.33. The lowest BCUT2D eigenvalue weighted by atomic mass is 10.3. The van der Waals surface area contributed by atoms with Crippen LogP contribution in [0, 0.1) is 6.92 Å². The Balaban J connectivity index is 2.74. The number of aryl methyl sites for hydroxylation is 1. The summed E-state index contributed by atoms with van der Waals surface area (Å²) in [4.78, 5) is 18.9. The predicted molar refractivity (Wildman–Crippen MR) is 82.1 cm³/mol. The second-order valence-electron chi connectivity index (χ2n) is 4.35. The molecule has 1 aromatic rings. The normalized spacial score (nSPS) is 10.8. The molecule has 0 aliphatic carbocycles. The fourth-order valence-electron chi connectivity index (χ4n) is 1.79. The average Bonchev–Trinajstić information content (AvgIpc) is 2.79. The van der Waals surface area contributed by atoms with Crippen LogP contribution in [0.15, 0.2) is 0 Å². The van der Waals surface area contributed by atoms with Crippen molar-refractivity contribution >= 4 is 22.3 Å². The van der Waals surface area contributed by atoms with Crippen molar-refractivity contribution in [3.63, 3.8) is 0 Å². The fourth-order valence-corrected chi connectivity index (χ4v) is 2.80. The Bertz CT molecular complexity index is 411. The third kappa shape index (κ3) is 5.19.